The number of nitrogens with zero attached hydrogens (tertiary/aromatic N) is 1. The van der Waals surface area contributed by atoms with Crippen molar-refractivity contribution in [2.24, 2.45) is 5.92 Å². The monoisotopic (exact) mass is 722 g/mol. The Morgan fingerprint density at radius 2 is 1.57 bits per heavy atom. The first-order valence-electron chi connectivity index (χ1n) is 17.0. The molecule has 274 valence electrons. The third kappa shape index (κ3) is 6.33. The highest BCUT2D eigenvalue weighted by atomic mass is 28.3. The third-order valence-electron chi connectivity index (χ3n) is 10.9. The minimum absolute atomic E-state index is 0.0268. The van der Waals surface area contributed by atoms with E-state index in [-0.39, 0.29) is 36.6 Å². The van der Waals surface area contributed by atoms with Crippen molar-refractivity contribution >= 4 is 36.4 Å². The van der Waals surface area contributed by atoms with Crippen LogP contribution < -0.4 is 24.9 Å². The van der Waals surface area contributed by atoms with Gasteiger partial charge < -0.3 is 54.7 Å². The van der Waals surface area contributed by atoms with E-state index in [4.69, 9.17) is 18.9 Å². The SMILES string of the molecule is COc1ccc([Si](C)(C)[C@@H]2[C@@H](CCO)O[C@]3(C(=O)N(Cc4ccc(NC(=O)[C@H]5O[C@@H](O)[C@H](O)[C@@H](O)[C@@H]5O)cc4)c4ccc(OC)cc43)[C@H]2C)cc1. The predicted molar refractivity (Wildman–Crippen MR) is 189 cm³/mol. The van der Waals surface area contributed by atoms with Gasteiger partial charge in [-0.2, -0.15) is 0 Å². The van der Waals surface area contributed by atoms with Crippen LogP contribution in [0.1, 0.15) is 24.5 Å². The zero-order valence-corrected chi connectivity index (χ0v) is 30.2. The number of rotatable bonds is 10. The maximum absolute atomic E-state index is 14.9. The van der Waals surface area contributed by atoms with Crippen molar-refractivity contribution < 1.29 is 54.1 Å². The van der Waals surface area contributed by atoms with Crippen LogP contribution in [0.2, 0.25) is 18.6 Å². The van der Waals surface area contributed by atoms with E-state index < -0.39 is 50.3 Å². The Balaban J connectivity index is 1.28. The molecule has 3 aliphatic heterocycles. The number of ether oxygens (including phenoxy) is 4. The highest BCUT2D eigenvalue weighted by Gasteiger charge is 2.66. The molecule has 14 heteroatoms. The number of aliphatic hydroxyl groups is 5. The molecule has 3 aromatic rings. The van der Waals surface area contributed by atoms with Crippen LogP contribution in [0.25, 0.3) is 0 Å². The number of fused-ring (bicyclic) bond motifs is 2. The van der Waals surface area contributed by atoms with Crippen molar-refractivity contribution in [1.82, 2.24) is 0 Å². The molecule has 3 aliphatic rings. The number of hydrogen-bond acceptors (Lipinski definition) is 11. The summed E-state index contributed by atoms with van der Waals surface area (Å²) in [6, 6.07) is 20.4. The van der Waals surface area contributed by atoms with Crippen molar-refractivity contribution in [3.63, 3.8) is 0 Å². The van der Waals surface area contributed by atoms with Crippen LogP contribution in [0.15, 0.2) is 66.7 Å². The van der Waals surface area contributed by atoms with Crippen LogP contribution in [0.4, 0.5) is 11.4 Å². The van der Waals surface area contributed by atoms with Crippen molar-refractivity contribution in [3.8, 4) is 11.5 Å². The van der Waals surface area contributed by atoms with Crippen LogP contribution in [-0.2, 0) is 31.2 Å². The van der Waals surface area contributed by atoms with E-state index in [9.17, 15) is 35.1 Å². The molecule has 2 saturated heterocycles. The van der Waals surface area contributed by atoms with E-state index in [0.717, 1.165) is 11.3 Å². The summed E-state index contributed by atoms with van der Waals surface area (Å²) in [5.74, 6) is 0.0742. The van der Waals surface area contributed by atoms with Gasteiger partial charge in [0.25, 0.3) is 11.8 Å². The first kappa shape index (κ1) is 36.9. The van der Waals surface area contributed by atoms with Gasteiger partial charge in [-0.15, -0.1) is 0 Å². The molecule has 0 saturated carbocycles. The van der Waals surface area contributed by atoms with Gasteiger partial charge in [0.05, 0.1) is 40.6 Å². The number of amides is 2. The van der Waals surface area contributed by atoms with Crippen LogP contribution >= 0.6 is 0 Å². The Kier molecular flexibility index (Phi) is 10.3. The highest BCUT2D eigenvalue weighted by molar-refractivity contribution is 6.91. The summed E-state index contributed by atoms with van der Waals surface area (Å²) in [6.45, 7) is 6.74. The predicted octanol–water partition coefficient (Wildman–Crippen LogP) is 1.59. The van der Waals surface area contributed by atoms with Gasteiger partial charge in [0.1, 0.15) is 29.8 Å². The fraction of sp³-hybridized carbons (Fsp3) is 0.459. The number of aliphatic hydroxyl groups excluding tert-OH is 5. The summed E-state index contributed by atoms with van der Waals surface area (Å²) in [4.78, 5) is 29.4. The van der Waals surface area contributed by atoms with Gasteiger partial charge in [-0.3, -0.25) is 9.59 Å². The first-order chi connectivity index (χ1) is 24.3. The van der Waals surface area contributed by atoms with E-state index in [0.29, 0.717) is 29.1 Å². The van der Waals surface area contributed by atoms with Crippen molar-refractivity contribution in [2.75, 3.05) is 31.0 Å². The molecular formula is C37H46N2O11Si. The third-order valence-corrected chi connectivity index (χ3v) is 15.2. The van der Waals surface area contributed by atoms with Gasteiger partial charge in [0, 0.05) is 23.8 Å². The Morgan fingerprint density at radius 3 is 2.20 bits per heavy atom. The average Bonchev–Trinajstić information content (AvgIpc) is 3.55. The fourth-order valence-corrected chi connectivity index (χ4v) is 12.2. The zero-order chi connectivity index (χ0) is 36.8. The lowest BCUT2D eigenvalue weighted by Gasteiger charge is -2.37. The molecule has 1 spiro atoms. The zero-order valence-electron chi connectivity index (χ0n) is 29.2. The number of hydrogen-bond donors (Lipinski definition) is 6. The topological polar surface area (TPSA) is 187 Å². The van der Waals surface area contributed by atoms with Crippen LogP contribution in [-0.4, -0.2) is 103 Å². The Morgan fingerprint density at radius 1 is 0.922 bits per heavy atom. The Labute approximate surface area is 297 Å². The van der Waals surface area contributed by atoms with Gasteiger partial charge in [0.2, 0.25) is 0 Å². The number of benzene rings is 3. The molecule has 0 bridgehead atoms. The van der Waals surface area contributed by atoms with E-state index in [1.165, 1.54) is 5.19 Å². The second-order valence-corrected chi connectivity index (χ2v) is 18.7. The first-order valence-corrected chi connectivity index (χ1v) is 20.1. The lowest BCUT2D eigenvalue weighted by Crippen LogP contribution is -2.60. The number of anilines is 2. The highest BCUT2D eigenvalue weighted by Crippen LogP contribution is 2.60. The largest absolute Gasteiger partial charge is 0.497 e. The molecule has 0 radical (unpaired) electrons. The van der Waals surface area contributed by atoms with Crippen molar-refractivity contribution in [1.29, 1.82) is 0 Å². The molecule has 6 rings (SSSR count). The quantitative estimate of drug-likeness (QED) is 0.167. The minimum Gasteiger partial charge on any atom is -0.497 e. The van der Waals surface area contributed by atoms with Gasteiger partial charge in [-0.25, -0.2) is 0 Å². The second-order valence-electron chi connectivity index (χ2n) is 14.0. The van der Waals surface area contributed by atoms with E-state index >= 15 is 0 Å². The van der Waals surface area contributed by atoms with Crippen LogP contribution in [0, 0.1) is 5.92 Å². The molecule has 0 unspecified atom stereocenters. The molecule has 2 amide bonds. The summed E-state index contributed by atoms with van der Waals surface area (Å²) >= 11 is 0. The Bertz CT molecular complexity index is 1740. The standard InChI is InChI=1S/C37H46N2O11Si/c1-20-33(51(4,5)25-13-10-23(47-2)11-14-25)28(16-17-40)50-37(20)26-18-24(48-3)12-15-27(26)39(36(37)46)19-21-6-8-22(9-7-21)38-34(44)32-30(42)29(41)31(43)35(45)49-32/h6-15,18,20,28-33,35,40-43,45H,16-17,19H2,1-5H3,(H,38,44)/t20-,28+,29-,30-,31+,32-,33-,35+,37+/m0/s1. The normalized spacial score (nSPS) is 30.4. The van der Waals surface area contributed by atoms with E-state index in [1.54, 1.807) is 43.4 Å². The molecule has 0 aromatic heterocycles. The van der Waals surface area contributed by atoms with Gasteiger partial charge in [-0.1, -0.05) is 49.5 Å². The Hall–Kier alpha value is -3.86. The molecule has 13 nitrogen and oxygen atoms in total. The van der Waals surface area contributed by atoms with Gasteiger partial charge >= 0.3 is 0 Å². The average molecular weight is 723 g/mol. The van der Waals surface area contributed by atoms with E-state index in [1.807, 2.05) is 30.3 Å². The molecule has 6 N–H and O–H groups in total. The van der Waals surface area contributed by atoms with Gasteiger partial charge in [-0.05, 0) is 60.0 Å². The van der Waals surface area contributed by atoms with Crippen molar-refractivity contribution in [2.45, 2.75) is 80.9 Å². The number of methoxy groups -OCH3 is 2. The molecule has 3 heterocycles. The van der Waals surface area contributed by atoms with Gasteiger partial charge in [0.15, 0.2) is 18.0 Å². The maximum atomic E-state index is 14.9. The van der Waals surface area contributed by atoms with Crippen LogP contribution in [0.3, 0.4) is 0 Å². The minimum atomic E-state index is -2.35. The summed E-state index contributed by atoms with van der Waals surface area (Å²) in [5, 5.41) is 53.7. The maximum Gasteiger partial charge on any atom is 0.264 e. The molecule has 9 atom stereocenters. The summed E-state index contributed by atoms with van der Waals surface area (Å²) in [5.41, 5.74) is 1.17. The van der Waals surface area contributed by atoms with E-state index in [2.05, 4.69) is 37.5 Å². The molecular weight excluding hydrogens is 676 g/mol. The lowest BCUT2D eigenvalue weighted by molar-refractivity contribution is -0.274. The summed E-state index contributed by atoms with van der Waals surface area (Å²) in [7, 11) is 0.861. The number of nitrogens with one attached hydrogen (secondary N) is 1. The summed E-state index contributed by atoms with van der Waals surface area (Å²) < 4.78 is 23.0. The number of carbonyl (C=O) groups is 2. The lowest BCUT2D eigenvalue weighted by atomic mass is 9.82. The number of carbonyl (C=O) groups excluding carboxylic acids is 2. The van der Waals surface area contributed by atoms with Crippen LogP contribution in [0.5, 0.6) is 11.5 Å². The smallest absolute Gasteiger partial charge is 0.264 e. The van der Waals surface area contributed by atoms with Crippen molar-refractivity contribution in [3.05, 3.63) is 77.9 Å². The summed E-state index contributed by atoms with van der Waals surface area (Å²) in [6.07, 6.45) is -8.74. The molecule has 2 fully saturated rings. The molecule has 3 aromatic carbocycles. The molecule has 51 heavy (non-hydrogen) atoms. The second kappa shape index (κ2) is 14.3. The molecule has 0 aliphatic carbocycles. The fourth-order valence-electron chi connectivity index (χ4n) is 8.14.